The van der Waals surface area contributed by atoms with Gasteiger partial charge < -0.3 is 29.8 Å². The lowest BCUT2D eigenvalue weighted by molar-refractivity contribution is -0.137. The van der Waals surface area contributed by atoms with Gasteiger partial charge in [-0.2, -0.15) is 67.5 Å². The number of methoxy groups -OCH3 is 1. The minimum Gasteiger partial charge on any atom is -0.453 e. The van der Waals surface area contributed by atoms with Crippen molar-refractivity contribution < 1.29 is 19.1 Å². The van der Waals surface area contributed by atoms with Gasteiger partial charge in [0.2, 0.25) is 11.8 Å². The highest BCUT2D eigenvalue weighted by Gasteiger charge is 2.54. The number of nitrogens with one attached hydrogen (secondary N) is 3. The fourth-order valence-corrected chi connectivity index (χ4v) is 7.61. The largest absolute Gasteiger partial charge is 0.453 e. The Morgan fingerprint density at radius 3 is 2.14 bits per heavy atom. The second-order valence-electron chi connectivity index (χ2n) is 15.6. The first-order valence-electron chi connectivity index (χ1n) is 18.6. The topological polar surface area (TPSA) is 136 Å². The van der Waals surface area contributed by atoms with Gasteiger partial charge in [0.25, 0.3) is 0 Å². The number of alkyl carbamates (subject to hydrolysis) is 1. The number of hydrogen-bond donors (Lipinski definition) is 3. The van der Waals surface area contributed by atoms with E-state index in [-0.39, 0.29) is 109 Å². The van der Waals surface area contributed by atoms with E-state index >= 15 is 0 Å². The molecule has 4 heterocycles. The molecule has 0 bridgehead atoms. The molecule has 3 amide bonds. The quantitative estimate of drug-likeness (QED) is 0.159. The molecule has 2 aromatic carbocycles. The Labute approximate surface area is 371 Å². The third-order valence-corrected chi connectivity index (χ3v) is 11.3. The van der Waals surface area contributed by atoms with Crippen LogP contribution in [-0.2, 0) is 14.3 Å². The number of rotatable bonds is 8. The second-order valence-corrected chi connectivity index (χ2v) is 15.6. The Hall–Kier alpha value is -3.36. The first kappa shape index (κ1) is 49.8. The number of fused-ring (bicyclic) bond motifs is 1. The number of carbonyl (C=O) groups excluding carboxylic acids is 3. The molecule has 2 saturated heterocycles. The van der Waals surface area contributed by atoms with Crippen molar-refractivity contribution in [3.63, 3.8) is 0 Å². The molecule has 2 aliphatic heterocycles. The number of aromatic amines is 2. The standard InChI is InChI=1S/C41H49N7O4.5H2S/c1-24(2)26(5)38(49)48-23-41(17-18-41)21-34(48)37-43-30-16-13-28(20-31(30)44-37)10-9-27-11-14-29(15-12-27)32-22-42-36(45-32)33-8-7-19-47(33)39(50)35(25(3)4)46-40(51)52-6;;;;;/h11-16,20,22,24-26,33-35H,7-8,17-19,21,23H2,1-6H3,(H,42,45)(H,43,44)(H,46,51);5*1H2/t26-,33-,34-,35-;;;;;/m0...../s1. The van der Waals surface area contributed by atoms with Gasteiger partial charge in [-0.05, 0) is 85.3 Å². The monoisotopic (exact) mass is 873 g/mol. The van der Waals surface area contributed by atoms with Crippen molar-refractivity contribution in [1.29, 1.82) is 0 Å². The van der Waals surface area contributed by atoms with Crippen molar-refractivity contribution in [2.75, 3.05) is 20.2 Å². The number of ether oxygens (including phenoxy) is 1. The van der Waals surface area contributed by atoms with Crippen molar-refractivity contribution in [1.82, 2.24) is 35.1 Å². The van der Waals surface area contributed by atoms with Gasteiger partial charge >= 0.3 is 6.09 Å². The van der Waals surface area contributed by atoms with Crippen LogP contribution in [0.25, 0.3) is 22.3 Å². The van der Waals surface area contributed by atoms with Gasteiger partial charge in [-0.15, -0.1) is 0 Å². The maximum atomic E-state index is 13.5. The van der Waals surface area contributed by atoms with Crippen LogP contribution in [0.4, 0.5) is 4.79 Å². The van der Waals surface area contributed by atoms with Gasteiger partial charge in [-0.25, -0.2) is 14.8 Å². The first-order chi connectivity index (χ1) is 24.9. The molecule has 3 N–H and O–H groups in total. The third-order valence-electron chi connectivity index (χ3n) is 11.3. The zero-order chi connectivity index (χ0) is 36.7. The highest BCUT2D eigenvalue weighted by molar-refractivity contribution is 7.60. The number of aromatic nitrogens is 4. The summed E-state index contributed by atoms with van der Waals surface area (Å²) in [5.41, 5.74) is 5.66. The average molecular weight is 874 g/mol. The third kappa shape index (κ3) is 10.6. The number of hydrogen-bond acceptors (Lipinski definition) is 6. The van der Waals surface area contributed by atoms with E-state index in [2.05, 4.69) is 50.9 Å². The molecule has 1 spiro atoms. The Bertz CT molecular complexity index is 2050. The number of amides is 3. The summed E-state index contributed by atoms with van der Waals surface area (Å²) in [7, 11) is 1.29. The highest BCUT2D eigenvalue weighted by Crippen LogP contribution is 2.58. The van der Waals surface area contributed by atoms with Gasteiger partial charge in [0.1, 0.15) is 17.7 Å². The van der Waals surface area contributed by atoms with Gasteiger partial charge in [0.05, 0.1) is 42.1 Å². The zero-order valence-corrected chi connectivity index (χ0v) is 38.5. The molecular formula is C41H59N7O4S5. The van der Waals surface area contributed by atoms with Crippen LogP contribution < -0.4 is 5.32 Å². The number of nitrogens with zero attached hydrogens (tertiary/aromatic N) is 4. The number of benzene rings is 2. The molecule has 7 rings (SSSR count). The Kier molecular flexibility index (Phi) is 18.0. The number of imidazole rings is 2. The first-order valence-corrected chi connectivity index (χ1v) is 18.6. The molecule has 2 aromatic heterocycles. The Morgan fingerprint density at radius 1 is 0.842 bits per heavy atom. The van der Waals surface area contributed by atoms with Crippen LogP contribution >= 0.6 is 67.5 Å². The fourth-order valence-electron chi connectivity index (χ4n) is 7.61. The molecule has 0 unspecified atom stereocenters. The summed E-state index contributed by atoms with van der Waals surface area (Å²) < 4.78 is 4.75. The van der Waals surface area contributed by atoms with Crippen molar-refractivity contribution in [2.45, 2.75) is 84.8 Å². The van der Waals surface area contributed by atoms with E-state index in [4.69, 9.17) is 9.72 Å². The molecule has 3 aliphatic rings. The van der Waals surface area contributed by atoms with E-state index in [1.54, 1.807) is 6.20 Å². The van der Waals surface area contributed by atoms with Crippen LogP contribution in [0.5, 0.6) is 0 Å². The Morgan fingerprint density at radius 2 is 1.51 bits per heavy atom. The molecule has 16 heteroatoms. The minimum absolute atomic E-state index is 0. The molecule has 1 aliphatic carbocycles. The maximum Gasteiger partial charge on any atom is 0.407 e. The van der Waals surface area contributed by atoms with Crippen LogP contribution in [0.1, 0.15) is 102 Å². The second kappa shape index (κ2) is 20.6. The number of H-pyrrole nitrogens is 2. The van der Waals surface area contributed by atoms with Gasteiger partial charge in [0, 0.05) is 30.1 Å². The SMILES string of the molecule is COC(=O)N[C@H](C(=O)N1CCC[C@H]1c1ncc(-c2ccc(C#Cc3ccc4nc([C@@H]5CC6(CC6)CN5C(=O)[C@@H](C)C(C)C)[nH]c4c3)cc2)[nH]1)C(C)C.S.S.S.S.S. The molecule has 57 heavy (non-hydrogen) atoms. The van der Waals surface area contributed by atoms with Crippen molar-refractivity contribution in [2.24, 2.45) is 23.2 Å². The maximum absolute atomic E-state index is 13.5. The molecular weight excluding hydrogens is 815 g/mol. The Balaban J connectivity index is 0.00000224. The fraction of sp³-hybridized carbons (Fsp3) is 0.488. The predicted molar refractivity (Wildman–Crippen MR) is 251 cm³/mol. The van der Waals surface area contributed by atoms with Gasteiger partial charge in [-0.3, -0.25) is 9.59 Å². The molecule has 3 fully saturated rings. The van der Waals surface area contributed by atoms with Crippen LogP contribution in [0.3, 0.4) is 0 Å². The van der Waals surface area contributed by atoms with E-state index in [0.29, 0.717) is 12.5 Å². The lowest BCUT2D eigenvalue weighted by Gasteiger charge is -2.30. The normalized spacial score (nSPS) is 18.5. The molecule has 4 atom stereocenters. The molecule has 4 aromatic rings. The summed E-state index contributed by atoms with van der Waals surface area (Å²) in [6, 6.07) is 13.1. The van der Waals surface area contributed by atoms with Crippen LogP contribution in [0, 0.1) is 35.0 Å². The summed E-state index contributed by atoms with van der Waals surface area (Å²) in [6.07, 6.45) is 6.17. The van der Waals surface area contributed by atoms with Crippen LogP contribution in [0.15, 0.2) is 48.7 Å². The lowest BCUT2D eigenvalue weighted by Crippen LogP contribution is -2.51. The van der Waals surface area contributed by atoms with E-state index in [0.717, 1.165) is 70.9 Å². The van der Waals surface area contributed by atoms with E-state index < -0.39 is 12.1 Å². The van der Waals surface area contributed by atoms with E-state index in [1.165, 1.54) is 20.0 Å². The van der Waals surface area contributed by atoms with Crippen molar-refractivity contribution in [3.05, 3.63) is 71.4 Å². The molecule has 312 valence electrons. The highest BCUT2D eigenvalue weighted by atomic mass is 32.1. The smallest absolute Gasteiger partial charge is 0.407 e. The molecule has 0 radical (unpaired) electrons. The van der Waals surface area contributed by atoms with Gasteiger partial charge in [-0.1, -0.05) is 58.6 Å². The summed E-state index contributed by atoms with van der Waals surface area (Å²) in [5.74, 6) is 8.47. The van der Waals surface area contributed by atoms with Crippen LogP contribution in [0.2, 0.25) is 0 Å². The summed E-state index contributed by atoms with van der Waals surface area (Å²) in [4.78, 5) is 59.4. The number of carbonyl (C=O) groups is 3. The zero-order valence-electron chi connectivity index (χ0n) is 33.5. The van der Waals surface area contributed by atoms with Crippen LogP contribution in [-0.4, -0.2) is 73.9 Å². The van der Waals surface area contributed by atoms with Gasteiger partial charge in [0.15, 0.2) is 0 Å². The summed E-state index contributed by atoms with van der Waals surface area (Å²) in [5, 5.41) is 2.70. The molecule has 1 saturated carbocycles. The van der Waals surface area contributed by atoms with E-state index in [9.17, 15) is 14.4 Å². The number of likely N-dealkylation sites (tertiary alicyclic amines) is 2. The summed E-state index contributed by atoms with van der Waals surface area (Å²) >= 11 is 0. The average Bonchev–Trinajstić information content (AvgIpc) is 3.63. The van der Waals surface area contributed by atoms with Crippen molar-refractivity contribution >= 4 is 96.4 Å². The molecule has 11 nitrogen and oxygen atoms in total. The van der Waals surface area contributed by atoms with Crippen molar-refractivity contribution in [3.8, 4) is 23.1 Å². The lowest BCUT2D eigenvalue weighted by atomic mass is 9.96. The summed E-state index contributed by atoms with van der Waals surface area (Å²) in [6.45, 7) is 11.5. The van der Waals surface area contributed by atoms with E-state index in [1.807, 2.05) is 68.1 Å². The minimum atomic E-state index is -0.678. The predicted octanol–water partition coefficient (Wildman–Crippen LogP) is 7.31.